The summed E-state index contributed by atoms with van der Waals surface area (Å²) in [6.07, 6.45) is 4.73. The van der Waals surface area contributed by atoms with Gasteiger partial charge in [-0.3, -0.25) is 4.79 Å². The number of carbonyl (C=O) groups excluding carboxylic acids is 1. The second-order valence-electron chi connectivity index (χ2n) is 6.70. The van der Waals surface area contributed by atoms with E-state index in [9.17, 15) is 4.79 Å². The lowest BCUT2D eigenvalue weighted by atomic mass is 10.0. The SMILES string of the molecule is C/C=C/c1ccc(OCC(=O)NCCc2ccc(C(C)C)cc2)c(OC)c1. The second-order valence-corrected chi connectivity index (χ2v) is 6.70. The van der Waals surface area contributed by atoms with Crippen LogP contribution in [0.15, 0.2) is 48.5 Å². The van der Waals surface area contributed by atoms with E-state index in [0.29, 0.717) is 24.0 Å². The maximum atomic E-state index is 12.0. The fourth-order valence-corrected chi connectivity index (χ4v) is 2.71. The molecule has 1 N–H and O–H groups in total. The number of amides is 1. The van der Waals surface area contributed by atoms with Gasteiger partial charge in [-0.2, -0.15) is 0 Å². The van der Waals surface area contributed by atoms with Crippen LogP contribution in [0.5, 0.6) is 11.5 Å². The van der Waals surface area contributed by atoms with Crippen LogP contribution in [-0.2, 0) is 11.2 Å². The summed E-state index contributed by atoms with van der Waals surface area (Å²) in [4.78, 5) is 12.0. The Morgan fingerprint density at radius 3 is 2.48 bits per heavy atom. The Kier molecular flexibility index (Phi) is 7.93. The first-order chi connectivity index (χ1) is 13.0. The maximum Gasteiger partial charge on any atom is 0.257 e. The van der Waals surface area contributed by atoms with Crippen molar-refractivity contribution in [1.29, 1.82) is 0 Å². The van der Waals surface area contributed by atoms with Crippen molar-refractivity contribution < 1.29 is 14.3 Å². The zero-order valence-electron chi connectivity index (χ0n) is 16.6. The maximum absolute atomic E-state index is 12.0. The third-order valence-electron chi connectivity index (χ3n) is 4.29. The van der Waals surface area contributed by atoms with E-state index < -0.39 is 0 Å². The number of methoxy groups -OCH3 is 1. The molecule has 2 aromatic rings. The number of benzene rings is 2. The lowest BCUT2D eigenvalue weighted by Gasteiger charge is -2.12. The average molecular weight is 367 g/mol. The van der Waals surface area contributed by atoms with Crippen LogP contribution >= 0.6 is 0 Å². The van der Waals surface area contributed by atoms with E-state index in [1.165, 1.54) is 11.1 Å². The first kappa shape index (κ1) is 20.6. The fourth-order valence-electron chi connectivity index (χ4n) is 2.71. The van der Waals surface area contributed by atoms with Crippen molar-refractivity contribution in [3.8, 4) is 11.5 Å². The van der Waals surface area contributed by atoms with Crippen LogP contribution in [0, 0.1) is 0 Å². The van der Waals surface area contributed by atoms with Gasteiger partial charge in [0.1, 0.15) is 0 Å². The van der Waals surface area contributed by atoms with Crippen LogP contribution in [0.25, 0.3) is 6.08 Å². The summed E-state index contributed by atoms with van der Waals surface area (Å²) in [5, 5.41) is 2.89. The lowest BCUT2D eigenvalue weighted by molar-refractivity contribution is -0.123. The predicted molar refractivity (Wildman–Crippen MR) is 110 cm³/mol. The molecule has 4 heteroatoms. The van der Waals surface area contributed by atoms with Crippen LogP contribution < -0.4 is 14.8 Å². The minimum Gasteiger partial charge on any atom is -0.493 e. The highest BCUT2D eigenvalue weighted by Gasteiger charge is 2.08. The Labute approximate surface area is 162 Å². The first-order valence-electron chi connectivity index (χ1n) is 9.32. The molecule has 0 aromatic heterocycles. The smallest absolute Gasteiger partial charge is 0.257 e. The minimum atomic E-state index is -0.145. The number of hydrogen-bond donors (Lipinski definition) is 1. The van der Waals surface area contributed by atoms with Crippen LogP contribution in [0.4, 0.5) is 0 Å². The largest absolute Gasteiger partial charge is 0.493 e. The molecule has 0 heterocycles. The summed E-state index contributed by atoms with van der Waals surface area (Å²) in [5.41, 5.74) is 3.56. The van der Waals surface area contributed by atoms with Gasteiger partial charge in [0.2, 0.25) is 0 Å². The summed E-state index contributed by atoms with van der Waals surface area (Å²) < 4.78 is 10.9. The van der Waals surface area contributed by atoms with E-state index in [1.54, 1.807) is 7.11 Å². The normalized spacial score (nSPS) is 11.0. The second kappa shape index (κ2) is 10.4. The van der Waals surface area contributed by atoms with Gasteiger partial charge in [0.15, 0.2) is 18.1 Å². The Balaban J connectivity index is 1.79. The molecule has 0 aliphatic carbocycles. The highest BCUT2D eigenvalue weighted by molar-refractivity contribution is 5.77. The zero-order valence-corrected chi connectivity index (χ0v) is 16.6. The molecule has 0 aliphatic rings. The summed E-state index contributed by atoms with van der Waals surface area (Å²) >= 11 is 0. The van der Waals surface area contributed by atoms with E-state index in [1.807, 2.05) is 37.3 Å². The molecule has 0 bridgehead atoms. The lowest BCUT2D eigenvalue weighted by Crippen LogP contribution is -2.30. The highest BCUT2D eigenvalue weighted by Crippen LogP contribution is 2.28. The van der Waals surface area contributed by atoms with Gasteiger partial charge in [-0.05, 0) is 48.1 Å². The van der Waals surface area contributed by atoms with Crippen molar-refractivity contribution in [3.05, 3.63) is 65.2 Å². The van der Waals surface area contributed by atoms with E-state index in [-0.39, 0.29) is 12.5 Å². The number of allylic oxidation sites excluding steroid dienone is 1. The van der Waals surface area contributed by atoms with E-state index in [0.717, 1.165) is 12.0 Å². The minimum absolute atomic E-state index is 0.0361. The zero-order chi connectivity index (χ0) is 19.6. The Bertz CT molecular complexity index is 764. The number of ether oxygens (including phenoxy) is 2. The summed E-state index contributed by atoms with van der Waals surface area (Å²) in [6, 6.07) is 14.2. The van der Waals surface area contributed by atoms with Crippen molar-refractivity contribution in [2.45, 2.75) is 33.1 Å². The molecular formula is C23H29NO3. The fraction of sp³-hybridized carbons (Fsp3) is 0.348. The quantitative estimate of drug-likeness (QED) is 0.705. The van der Waals surface area contributed by atoms with Crippen molar-refractivity contribution in [2.75, 3.05) is 20.3 Å². The molecule has 0 aliphatic heterocycles. The monoisotopic (exact) mass is 367 g/mol. The summed E-state index contributed by atoms with van der Waals surface area (Å²) in [5.74, 6) is 1.56. The third kappa shape index (κ3) is 6.48. The number of rotatable bonds is 9. The molecule has 144 valence electrons. The Morgan fingerprint density at radius 1 is 1.11 bits per heavy atom. The topological polar surface area (TPSA) is 47.6 Å². The summed E-state index contributed by atoms with van der Waals surface area (Å²) in [7, 11) is 1.59. The molecule has 2 aromatic carbocycles. The molecule has 0 spiro atoms. The molecule has 27 heavy (non-hydrogen) atoms. The van der Waals surface area contributed by atoms with Crippen molar-refractivity contribution in [1.82, 2.24) is 5.32 Å². The average Bonchev–Trinajstić information content (AvgIpc) is 2.67. The van der Waals surface area contributed by atoms with Crippen LogP contribution in [0.2, 0.25) is 0 Å². The molecule has 4 nitrogen and oxygen atoms in total. The first-order valence-corrected chi connectivity index (χ1v) is 9.32. The van der Waals surface area contributed by atoms with Crippen molar-refractivity contribution in [2.24, 2.45) is 0 Å². The standard InChI is InChI=1S/C23H29NO3/c1-5-6-19-9-12-21(22(15-19)26-4)27-16-23(25)24-14-13-18-7-10-20(11-8-18)17(2)3/h5-12,15,17H,13-14,16H2,1-4H3,(H,24,25)/b6-5+. The van der Waals surface area contributed by atoms with Crippen molar-refractivity contribution >= 4 is 12.0 Å². The van der Waals surface area contributed by atoms with Gasteiger partial charge in [-0.15, -0.1) is 0 Å². The molecular weight excluding hydrogens is 338 g/mol. The van der Waals surface area contributed by atoms with Gasteiger partial charge in [-0.1, -0.05) is 56.3 Å². The Morgan fingerprint density at radius 2 is 1.85 bits per heavy atom. The van der Waals surface area contributed by atoms with Crippen molar-refractivity contribution in [3.63, 3.8) is 0 Å². The number of carbonyl (C=O) groups is 1. The van der Waals surface area contributed by atoms with E-state index in [4.69, 9.17) is 9.47 Å². The summed E-state index contributed by atoms with van der Waals surface area (Å²) in [6.45, 7) is 6.86. The Hall–Kier alpha value is -2.75. The number of nitrogens with one attached hydrogen (secondary N) is 1. The number of hydrogen-bond acceptors (Lipinski definition) is 3. The van der Waals surface area contributed by atoms with Gasteiger partial charge in [0, 0.05) is 6.54 Å². The molecule has 0 atom stereocenters. The van der Waals surface area contributed by atoms with Gasteiger partial charge in [0.25, 0.3) is 5.91 Å². The predicted octanol–water partition coefficient (Wildman–Crippen LogP) is 4.59. The van der Waals surface area contributed by atoms with E-state index in [2.05, 4.69) is 43.4 Å². The molecule has 2 rings (SSSR count). The molecule has 0 saturated carbocycles. The van der Waals surface area contributed by atoms with Gasteiger partial charge in [0.05, 0.1) is 7.11 Å². The van der Waals surface area contributed by atoms with Gasteiger partial charge >= 0.3 is 0 Å². The molecule has 0 unspecified atom stereocenters. The van der Waals surface area contributed by atoms with Crippen LogP contribution in [0.1, 0.15) is 43.4 Å². The van der Waals surface area contributed by atoms with Crippen LogP contribution in [0.3, 0.4) is 0 Å². The highest BCUT2D eigenvalue weighted by atomic mass is 16.5. The third-order valence-corrected chi connectivity index (χ3v) is 4.29. The van der Waals surface area contributed by atoms with Gasteiger partial charge in [-0.25, -0.2) is 0 Å². The molecule has 0 radical (unpaired) electrons. The molecule has 0 fully saturated rings. The van der Waals surface area contributed by atoms with Gasteiger partial charge < -0.3 is 14.8 Å². The van der Waals surface area contributed by atoms with E-state index >= 15 is 0 Å². The molecule has 1 amide bonds. The molecule has 0 saturated heterocycles. The van der Waals surface area contributed by atoms with Crippen LogP contribution in [-0.4, -0.2) is 26.2 Å².